The summed E-state index contributed by atoms with van der Waals surface area (Å²) in [6.07, 6.45) is 0.993. The molecule has 1 rings (SSSR count). The van der Waals surface area contributed by atoms with Gasteiger partial charge in [0.1, 0.15) is 0 Å². The highest BCUT2D eigenvalue weighted by molar-refractivity contribution is 5.96. The number of carbonyl (C=O) groups excluding carboxylic acids is 1. The number of hydrogen-bond donors (Lipinski definition) is 2. The molecular weight excluding hydrogens is 226 g/mol. The standard InChI is InChI=1S/C14H23N3O/c1-6-14(2,3)17(5)12-9-10(13(18)16-4)7-8-11(12)15/h7-9H,6,15H2,1-5H3,(H,16,18). The smallest absolute Gasteiger partial charge is 0.251 e. The third kappa shape index (κ3) is 2.75. The van der Waals surface area contributed by atoms with Gasteiger partial charge in [0, 0.05) is 25.2 Å². The SMILES string of the molecule is CCC(C)(C)N(C)c1cc(C(=O)NC)ccc1N. The van der Waals surface area contributed by atoms with Crippen molar-refractivity contribution in [1.29, 1.82) is 0 Å². The first kappa shape index (κ1) is 14.4. The fraction of sp³-hybridized carbons (Fsp3) is 0.500. The Morgan fingerprint density at radius 2 is 2.06 bits per heavy atom. The van der Waals surface area contributed by atoms with Crippen LogP contribution in [0.15, 0.2) is 18.2 Å². The van der Waals surface area contributed by atoms with Crippen LogP contribution >= 0.6 is 0 Å². The van der Waals surface area contributed by atoms with Gasteiger partial charge < -0.3 is 16.0 Å². The first-order valence-electron chi connectivity index (χ1n) is 6.19. The van der Waals surface area contributed by atoms with Crippen molar-refractivity contribution in [3.05, 3.63) is 23.8 Å². The lowest BCUT2D eigenvalue weighted by atomic mass is 9.98. The Labute approximate surface area is 109 Å². The van der Waals surface area contributed by atoms with Gasteiger partial charge in [-0.25, -0.2) is 0 Å². The van der Waals surface area contributed by atoms with E-state index in [-0.39, 0.29) is 11.4 Å². The molecule has 0 aliphatic rings. The van der Waals surface area contributed by atoms with Crippen LogP contribution in [0.1, 0.15) is 37.6 Å². The number of amides is 1. The largest absolute Gasteiger partial charge is 0.397 e. The van der Waals surface area contributed by atoms with E-state index < -0.39 is 0 Å². The molecule has 0 unspecified atom stereocenters. The van der Waals surface area contributed by atoms with Gasteiger partial charge in [-0.15, -0.1) is 0 Å². The van der Waals surface area contributed by atoms with E-state index in [0.717, 1.165) is 12.1 Å². The summed E-state index contributed by atoms with van der Waals surface area (Å²) in [7, 11) is 3.63. The van der Waals surface area contributed by atoms with Gasteiger partial charge >= 0.3 is 0 Å². The summed E-state index contributed by atoms with van der Waals surface area (Å²) in [5.74, 6) is -0.0982. The molecule has 0 saturated heterocycles. The van der Waals surface area contributed by atoms with Crippen LogP contribution in [-0.4, -0.2) is 25.5 Å². The van der Waals surface area contributed by atoms with Crippen LogP contribution < -0.4 is 16.0 Å². The van der Waals surface area contributed by atoms with Gasteiger partial charge in [0.2, 0.25) is 0 Å². The minimum Gasteiger partial charge on any atom is -0.397 e. The number of nitrogens with zero attached hydrogens (tertiary/aromatic N) is 1. The van der Waals surface area contributed by atoms with Gasteiger partial charge in [-0.05, 0) is 38.5 Å². The molecule has 1 amide bonds. The minimum absolute atomic E-state index is 0.00453. The Balaban J connectivity index is 3.19. The number of nitrogens with one attached hydrogen (secondary N) is 1. The summed E-state index contributed by atoms with van der Waals surface area (Å²) in [4.78, 5) is 13.8. The van der Waals surface area contributed by atoms with Gasteiger partial charge in [0.05, 0.1) is 11.4 Å². The van der Waals surface area contributed by atoms with Crippen molar-refractivity contribution in [2.24, 2.45) is 0 Å². The third-order valence-corrected chi connectivity index (χ3v) is 3.65. The second-order valence-electron chi connectivity index (χ2n) is 5.08. The molecule has 0 fully saturated rings. The Bertz CT molecular complexity index is 441. The van der Waals surface area contributed by atoms with Gasteiger partial charge in [-0.1, -0.05) is 6.92 Å². The van der Waals surface area contributed by atoms with E-state index in [1.54, 1.807) is 19.2 Å². The summed E-state index contributed by atoms with van der Waals surface area (Å²) < 4.78 is 0. The first-order valence-corrected chi connectivity index (χ1v) is 6.19. The zero-order chi connectivity index (χ0) is 13.9. The number of nitrogen functional groups attached to an aromatic ring is 1. The molecule has 0 radical (unpaired) electrons. The topological polar surface area (TPSA) is 58.4 Å². The number of hydrogen-bond acceptors (Lipinski definition) is 3. The maximum Gasteiger partial charge on any atom is 0.251 e. The normalized spacial score (nSPS) is 11.2. The molecule has 0 aromatic heterocycles. The predicted molar refractivity (Wildman–Crippen MR) is 77.0 cm³/mol. The molecule has 0 aliphatic heterocycles. The van der Waals surface area contributed by atoms with Crippen molar-refractivity contribution in [3.63, 3.8) is 0 Å². The van der Waals surface area contributed by atoms with Gasteiger partial charge in [0.15, 0.2) is 0 Å². The maximum absolute atomic E-state index is 11.6. The molecule has 0 aliphatic carbocycles. The molecule has 0 heterocycles. The molecule has 1 aromatic rings. The fourth-order valence-electron chi connectivity index (χ4n) is 1.68. The molecule has 4 heteroatoms. The quantitative estimate of drug-likeness (QED) is 0.805. The molecule has 3 N–H and O–H groups in total. The van der Waals surface area contributed by atoms with Gasteiger partial charge in [0.25, 0.3) is 5.91 Å². The maximum atomic E-state index is 11.6. The summed E-state index contributed by atoms with van der Waals surface area (Å²) in [6.45, 7) is 6.44. The molecular formula is C14H23N3O. The fourth-order valence-corrected chi connectivity index (χ4v) is 1.68. The van der Waals surface area contributed by atoms with Gasteiger partial charge in [-0.2, -0.15) is 0 Å². The summed E-state index contributed by atoms with van der Waals surface area (Å²) in [6, 6.07) is 5.36. The van der Waals surface area contributed by atoms with Crippen molar-refractivity contribution in [3.8, 4) is 0 Å². The Morgan fingerprint density at radius 1 is 1.44 bits per heavy atom. The Hall–Kier alpha value is -1.71. The lowest BCUT2D eigenvalue weighted by molar-refractivity contribution is 0.0963. The van der Waals surface area contributed by atoms with Crippen LogP contribution in [0.25, 0.3) is 0 Å². The monoisotopic (exact) mass is 249 g/mol. The van der Waals surface area contributed by atoms with E-state index >= 15 is 0 Å². The number of anilines is 2. The van der Waals surface area contributed by atoms with Crippen LogP contribution in [-0.2, 0) is 0 Å². The lowest BCUT2D eigenvalue weighted by Crippen LogP contribution is -2.41. The average Bonchev–Trinajstić information content (AvgIpc) is 2.37. The molecule has 4 nitrogen and oxygen atoms in total. The molecule has 0 atom stereocenters. The molecule has 100 valence electrons. The van der Waals surface area contributed by atoms with Gasteiger partial charge in [-0.3, -0.25) is 4.79 Å². The highest BCUT2D eigenvalue weighted by atomic mass is 16.1. The van der Waals surface area contributed by atoms with E-state index in [1.165, 1.54) is 0 Å². The van der Waals surface area contributed by atoms with Crippen molar-refractivity contribution >= 4 is 17.3 Å². The van der Waals surface area contributed by atoms with Crippen LogP contribution in [0, 0.1) is 0 Å². The third-order valence-electron chi connectivity index (χ3n) is 3.65. The molecule has 18 heavy (non-hydrogen) atoms. The molecule has 0 bridgehead atoms. The van der Waals surface area contributed by atoms with Crippen LogP contribution in [0.4, 0.5) is 11.4 Å². The van der Waals surface area contributed by atoms with E-state index in [0.29, 0.717) is 11.3 Å². The second kappa shape index (κ2) is 5.29. The van der Waals surface area contributed by atoms with E-state index in [2.05, 4.69) is 31.0 Å². The van der Waals surface area contributed by atoms with E-state index in [9.17, 15) is 4.79 Å². The zero-order valence-electron chi connectivity index (χ0n) is 11.9. The zero-order valence-corrected chi connectivity index (χ0v) is 11.9. The summed E-state index contributed by atoms with van der Waals surface area (Å²) >= 11 is 0. The van der Waals surface area contributed by atoms with Crippen molar-refractivity contribution in [1.82, 2.24) is 5.32 Å². The second-order valence-corrected chi connectivity index (χ2v) is 5.08. The average molecular weight is 249 g/mol. The number of carbonyl (C=O) groups is 1. The van der Waals surface area contributed by atoms with E-state index in [4.69, 9.17) is 5.73 Å². The minimum atomic E-state index is -0.0982. The molecule has 0 saturated carbocycles. The van der Waals surface area contributed by atoms with Crippen LogP contribution in [0.2, 0.25) is 0 Å². The Morgan fingerprint density at radius 3 is 2.56 bits per heavy atom. The van der Waals surface area contributed by atoms with Crippen LogP contribution in [0.3, 0.4) is 0 Å². The van der Waals surface area contributed by atoms with Crippen molar-refractivity contribution < 1.29 is 4.79 Å². The number of rotatable bonds is 4. The lowest BCUT2D eigenvalue weighted by Gasteiger charge is -2.37. The summed E-state index contributed by atoms with van der Waals surface area (Å²) in [5.41, 5.74) is 8.21. The predicted octanol–water partition coefficient (Wildman–Crippen LogP) is 2.25. The molecule has 0 spiro atoms. The Kier molecular flexibility index (Phi) is 4.22. The van der Waals surface area contributed by atoms with Crippen molar-refractivity contribution in [2.75, 3.05) is 24.7 Å². The highest BCUT2D eigenvalue weighted by Crippen LogP contribution is 2.30. The number of benzene rings is 1. The summed E-state index contributed by atoms with van der Waals surface area (Å²) in [5, 5.41) is 2.62. The van der Waals surface area contributed by atoms with Crippen LogP contribution in [0.5, 0.6) is 0 Å². The highest BCUT2D eigenvalue weighted by Gasteiger charge is 2.23. The number of nitrogens with two attached hydrogens (primary N) is 1. The molecule has 1 aromatic carbocycles. The van der Waals surface area contributed by atoms with E-state index in [1.807, 2.05) is 13.1 Å². The first-order chi connectivity index (χ1) is 8.33. The van der Waals surface area contributed by atoms with Crippen molar-refractivity contribution in [2.45, 2.75) is 32.7 Å².